The van der Waals surface area contributed by atoms with Gasteiger partial charge >= 0.3 is 12.1 Å². The van der Waals surface area contributed by atoms with Crippen molar-refractivity contribution in [2.45, 2.75) is 77.0 Å². The lowest BCUT2D eigenvalue weighted by molar-refractivity contribution is -0.143. The topological polar surface area (TPSA) is 97.8 Å². The Bertz CT molecular complexity index is 1000. The molecule has 0 aromatic carbocycles. The van der Waals surface area contributed by atoms with E-state index in [2.05, 4.69) is 5.32 Å². The molecule has 2 N–H and O–H groups in total. The number of hydrogen-bond donors (Lipinski definition) is 2. The van der Waals surface area contributed by atoms with Crippen LogP contribution in [-0.2, 0) is 16.1 Å². The zero-order valence-corrected chi connectivity index (χ0v) is 20.2. The Morgan fingerprint density at radius 1 is 1.21 bits per heavy atom. The van der Waals surface area contributed by atoms with Crippen LogP contribution in [0.15, 0.2) is 18.2 Å². The Hall–Kier alpha value is -2.32. The summed E-state index contributed by atoms with van der Waals surface area (Å²) >= 11 is 7.66. The van der Waals surface area contributed by atoms with Crippen LogP contribution in [0, 0.1) is 12.8 Å². The van der Waals surface area contributed by atoms with Crippen molar-refractivity contribution in [1.29, 1.82) is 0 Å². The Labute approximate surface area is 202 Å². The lowest BCUT2D eigenvalue weighted by Crippen LogP contribution is -2.32. The fraction of sp³-hybridized carbons (Fsp3) is 0.542. The number of alkyl carbamates (subject to hydrolysis) is 1. The normalized spacial score (nSPS) is 21.0. The van der Waals surface area contributed by atoms with Crippen LogP contribution < -0.4 is 10.1 Å². The van der Waals surface area contributed by atoms with E-state index in [1.54, 1.807) is 6.07 Å². The molecule has 2 aromatic heterocycles. The number of carbonyl (C=O) groups is 2. The monoisotopic (exact) mass is 492 g/mol. The van der Waals surface area contributed by atoms with Crippen molar-refractivity contribution in [2.24, 2.45) is 5.92 Å². The first-order valence-electron chi connectivity index (χ1n) is 11.5. The van der Waals surface area contributed by atoms with Crippen LogP contribution in [0.4, 0.5) is 4.79 Å². The summed E-state index contributed by atoms with van der Waals surface area (Å²) in [6, 6.07) is 5.74. The van der Waals surface area contributed by atoms with Crippen molar-refractivity contribution in [2.75, 3.05) is 0 Å². The average molecular weight is 493 g/mol. The highest BCUT2D eigenvalue weighted by Crippen LogP contribution is 2.37. The van der Waals surface area contributed by atoms with E-state index in [0.717, 1.165) is 60.4 Å². The van der Waals surface area contributed by atoms with Gasteiger partial charge in [-0.15, -0.1) is 11.3 Å². The van der Waals surface area contributed by atoms with E-state index >= 15 is 0 Å². The minimum absolute atomic E-state index is 0.120. The van der Waals surface area contributed by atoms with Gasteiger partial charge in [0.15, 0.2) is 0 Å². The van der Waals surface area contributed by atoms with E-state index in [4.69, 9.17) is 26.1 Å². The van der Waals surface area contributed by atoms with Gasteiger partial charge in [0.2, 0.25) is 0 Å². The largest absolute Gasteiger partial charge is 0.489 e. The summed E-state index contributed by atoms with van der Waals surface area (Å²) in [7, 11) is 0. The Morgan fingerprint density at radius 3 is 2.73 bits per heavy atom. The predicted molar refractivity (Wildman–Crippen MR) is 127 cm³/mol. The molecule has 0 spiro atoms. The first-order valence-corrected chi connectivity index (χ1v) is 12.7. The molecule has 0 aliphatic heterocycles. The van der Waals surface area contributed by atoms with E-state index in [-0.39, 0.29) is 24.7 Å². The highest BCUT2D eigenvalue weighted by atomic mass is 35.5. The summed E-state index contributed by atoms with van der Waals surface area (Å²) < 4.78 is 12.2. The minimum atomic E-state index is -0.755. The molecule has 9 heteroatoms. The van der Waals surface area contributed by atoms with Crippen LogP contribution in [0.25, 0.3) is 10.6 Å². The van der Waals surface area contributed by atoms with Gasteiger partial charge in [-0.2, -0.15) is 0 Å². The minimum Gasteiger partial charge on any atom is -0.489 e. The molecule has 2 atom stereocenters. The molecular formula is C24H29ClN2O5S. The molecule has 4 rings (SSSR count). The summed E-state index contributed by atoms with van der Waals surface area (Å²) in [6.07, 6.45) is 6.66. The fourth-order valence-electron chi connectivity index (χ4n) is 4.60. The van der Waals surface area contributed by atoms with Crippen LogP contribution in [0.2, 0.25) is 4.34 Å². The van der Waals surface area contributed by atoms with Gasteiger partial charge in [-0.3, -0.25) is 4.79 Å². The maximum Gasteiger partial charge on any atom is 0.407 e. The van der Waals surface area contributed by atoms with Gasteiger partial charge in [0.25, 0.3) is 0 Å². The highest BCUT2D eigenvalue weighted by Gasteiger charge is 2.28. The number of carbonyl (C=O) groups excluding carboxylic acids is 1. The highest BCUT2D eigenvalue weighted by molar-refractivity contribution is 7.19. The summed E-state index contributed by atoms with van der Waals surface area (Å²) in [4.78, 5) is 29.0. The summed E-state index contributed by atoms with van der Waals surface area (Å²) in [5.74, 6) is -0.445. The number of halogens is 1. The van der Waals surface area contributed by atoms with Gasteiger partial charge in [0.1, 0.15) is 12.4 Å². The lowest BCUT2D eigenvalue weighted by Gasteiger charge is -2.27. The second kappa shape index (κ2) is 10.7. The third-order valence-electron chi connectivity index (χ3n) is 6.35. The smallest absolute Gasteiger partial charge is 0.407 e. The van der Waals surface area contributed by atoms with E-state index in [1.807, 2.05) is 19.1 Å². The summed E-state index contributed by atoms with van der Waals surface area (Å²) in [5, 5.41) is 12.2. The number of pyridine rings is 1. The maximum absolute atomic E-state index is 12.1. The number of thiophene rings is 1. The SMILES string of the molecule is Cc1nc(-c2sc(Cl)cc2COC(=O)NC2CCCC2)ccc1O[C@H]1CCC[C@H](C(=O)O)C1. The molecular weight excluding hydrogens is 464 g/mol. The Kier molecular flexibility index (Phi) is 7.75. The molecule has 2 heterocycles. The number of nitrogens with one attached hydrogen (secondary N) is 1. The standard InChI is InChI=1S/C24H29ClN2O5S/c1-14-20(32-18-8-4-5-15(11-18)23(28)29)10-9-19(26-14)22-16(12-21(25)33-22)13-31-24(30)27-17-6-2-3-7-17/h9-10,12,15,17-18H,2-8,11,13H2,1H3,(H,27,30)(H,28,29)/t15-,18-/m0/s1. The van der Waals surface area contributed by atoms with Gasteiger partial charge in [0.05, 0.1) is 32.6 Å². The first kappa shape index (κ1) is 23.8. The van der Waals surface area contributed by atoms with Crippen LogP contribution in [0.1, 0.15) is 62.6 Å². The molecule has 178 valence electrons. The van der Waals surface area contributed by atoms with Crippen molar-refractivity contribution in [3.05, 3.63) is 33.8 Å². The average Bonchev–Trinajstić information content (AvgIpc) is 3.43. The molecule has 1 amide bonds. The number of amides is 1. The third-order valence-corrected chi connectivity index (χ3v) is 7.68. The Balaban J connectivity index is 1.41. The zero-order valence-electron chi connectivity index (χ0n) is 18.6. The number of ether oxygens (including phenoxy) is 2. The van der Waals surface area contributed by atoms with Gasteiger partial charge in [-0.25, -0.2) is 9.78 Å². The van der Waals surface area contributed by atoms with Crippen molar-refractivity contribution < 1.29 is 24.2 Å². The number of aliphatic carboxylic acids is 1. The number of hydrogen-bond acceptors (Lipinski definition) is 6. The quantitative estimate of drug-likeness (QED) is 0.494. The third kappa shape index (κ3) is 6.18. The molecule has 2 aliphatic rings. The Morgan fingerprint density at radius 2 is 2.00 bits per heavy atom. The predicted octanol–water partition coefficient (Wildman–Crippen LogP) is 5.96. The van der Waals surface area contributed by atoms with E-state index in [9.17, 15) is 14.7 Å². The molecule has 2 saturated carbocycles. The van der Waals surface area contributed by atoms with Crippen LogP contribution >= 0.6 is 22.9 Å². The molecule has 0 bridgehead atoms. The molecule has 7 nitrogen and oxygen atoms in total. The van der Waals surface area contributed by atoms with Gasteiger partial charge < -0.3 is 19.9 Å². The summed E-state index contributed by atoms with van der Waals surface area (Å²) in [5.41, 5.74) is 2.27. The van der Waals surface area contributed by atoms with Crippen LogP contribution in [0.3, 0.4) is 0 Å². The number of rotatable bonds is 7. The number of carboxylic acid groups (broad SMARTS) is 1. The molecule has 2 fully saturated rings. The van der Waals surface area contributed by atoms with Gasteiger partial charge in [-0.05, 0) is 63.6 Å². The molecule has 33 heavy (non-hydrogen) atoms. The van der Waals surface area contributed by atoms with E-state index in [1.165, 1.54) is 11.3 Å². The number of nitrogens with zero attached hydrogens (tertiary/aromatic N) is 1. The molecule has 0 radical (unpaired) electrons. The van der Waals surface area contributed by atoms with Crippen molar-refractivity contribution in [1.82, 2.24) is 10.3 Å². The fourth-order valence-corrected chi connectivity index (χ4v) is 5.82. The zero-order chi connectivity index (χ0) is 23.4. The first-order chi connectivity index (χ1) is 15.9. The molecule has 0 saturated heterocycles. The van der Waals surface area contributed by atoms with E-state index in [0.29, 0.717) is 22.9 Å². The van der Waals surface area contributed by atoms with Crippen LogP contribution in [-0.4, -0.2) is 34.3 Å². The van der Waals surface area contributed by atoms with Gasteiger partial charge in [0, 0.05) is 11.6 Å². The maximum atomic E-state index is 12.1. The van der Waals surface area contributed by atoms with Gasteiger partial charge in [-0.1, -0.05) is 24.4 Å². The number of aromatic nitrogens is 1. The second-order valence-corrected chi connectivity index (χ2v) is 10.5. The van der Waals surface area contributed by atoms with Crippen molar-refractivity contribution in [3.8, 4) is 16.3 Å². The van der Waals surface area contributed by atoms with Crippen molar-refractivity contribution >= 4 is 35.0 Å². The lowest BCUT2D eigenvalue weighted by atomic mass is 9.87. The van der Waals surface area contributed by atoms with Crippen LogP contribution in [0.5, 0.6) is 5.75 Å². The molecule has 0 unspecified atom stereocenters. The molecule has 2 aromatic rings. The van der Waals surface area contributed by atoms with Crippen molar-refractivity contribution in [3.63, 3.8) is 0 Å². The number of aryl methyl sites for hydroxylation is 1. The summed E-state index contributed by atoms with van der Waals surface area (Å²) in [6.45, 7) is 1.99. The number of carboxylic acids is 1. The van der Waals surface area contributed by atoms with E-state index < -0.39 is 12.1 Å². The molecule has 2 aliphatic carbocycles. The second-order valence-electron chi connectivity index (χ2n) is 8.83.